The second-order valence-corrected chi connectivity index (χ2v) is 9.07. The van der Waals surface area contributed by atoms with Gasteiger partial charge in [-0.25, -0.2) is 9.18 Å². The largest absolute Gasteiger partial charge is 0.454 e. The number of ether oxygens (including phenoxy) is 2. The third-order valence-electron chi connectivity index (χ3n) is 7.00. The zero-order chi connectivity index (χ0) is 25.6. The Morgan fingerprint density at radius 3 is 2.50 bits per heavy atom. The standard InChI is InChI=1S/C27H26FN3O5/c1-4-27(19-6-8-20(28)9-7-19)25(33)31(26(34)29-27)14-22(32)21-11-16(2)30(17(21)3)13-18-5-10-23-24(12-18)36-15-35-23/h5-12H,4,13-15H2,1-3H3,(H,29,34)/t27-/m0/s1. The number of nitrogens with zero attached hydrogens (tertiary/aromatic N) is 2. The average Bonchev–Trinajstić information content (AvgIpc) is 3.51. The van der Waals surface area contributed by atoms with Crippen LogP contribution in [0.25, 0.3) is 0 Å². The number of hydrogen-bond acceptors (Lipinski definition) is 5. The highest BCUT2D eigenvalue weighted by Gasteiger charge is 2.51. The molecule has 2 aliphatic rings. The number of benzene rings is 2. The highest BCUT2D eigenvalue weighted by Crippen LogP contribution is 2.34. The van der Waals surface area contributed by atoms with E-state index in [1.54, 1.807) is 13.0 Å². The molecule has 0 spiro atoms. The van der Waals surface area contributed by atoms with Crippen LogP contribution >= 0.6 is 0 Å². The fourth-order valence-corrected chi connectivity index (χ4v) is 4.92. The maximum absolute atomic E-state index is 13.4. The molecule has 3 amide bonds. The molecule has 3 heterocycles. The van der Waals surface area contributed by atoms with Crippen molar-refractivity contribution in [2.24, 2.45) is 0 Å². The molecular weight excluding hydrogens is 465 g/mol. The molecule has 3 aromatic rings. The van der Waals surface area contributed by atoms with Gasteiger partial charge in [0.1, 0.15) is 11.4 Å². The number of halogens is 1. The molecule has 0 aliphatic carbocycles. The maximum Gasteiger partial charge on any atom is 0.325 e. The number of ketones is 1. The summed E-state index contributed by atoms with van der Waals surface area (Å²) in [5, 5.41) is 2.73. The van der Waals surface area contributed by atoms with Crippen LogP contribution in [-0.2, 0) is 16.9 Å². The molecule has 36 heavy (non-hydrogen) atoms. The number of carbonyl (C=O) groups excluding carboxylic acids is 3. The lowest BCUT2D eigenvalue weighted by Gasteiger charge is -2.25. The van der Waals surface area contributed by atoms with Crippen molar-refractivity contribution in [2.75, 3.05) is 13.3 Å². The summed E-state index contributed by atoms with van der Waals surface area (Å²) in [6.07, 6.45) is 0.262. The van der Waals surface area contributed by atoms with E-state index >= 15 is 0 Å². The van der Waals surface area contributed by atoms with Crippen molar-refractivity contribution in [1.29, 1.82) is 0 Å². The first-order valence-corrected chi connectivity index (χ1v) is 11.7. The van der Waals surface area contributed by atoms with E-state index in [1.807, 2.05) is 36.6 Å². The molecule has 1 saturated heterocycles. The van der Waals surface area contributed by atoms with Crippen LogP contribution in [0.5, 0.6) is 11.5 Å². The summed E-state index contributed by atoms with van der Waals surface area (Å²) >= 11 is 0. The van der Waals surface area contributed by atoms with E-state index in [4.69, 9.17) is 9.47 Å². The summed E-state index contributed by atoms with van der Waals surface area (Å²) in [5.74, 6) is 0.0851. The summed E-state index contributed by atoms with van der Waals surface area (Å²) in [6.45, 7) is 5.84. The van der Waals surface area contributed by atoms with Crippen molar-refractivity contribution in [3.05, 3.63) is 82.4 Å². The number of aryl methyl sites for hydroxylation is 1. The van der Waals surface area contributed by atoms with E-state index in [-0.39, 0.29) is 25.5 Å². The molecule has 9 heteroatoms. The Labute approximate surface area is 207 Å². The van der Waals surface area contributed by atoms with Gasteiger partial charge in [-0.05, 0) is 61.7 Å². The van der Waals surface area contributed by atoms with Gasteiger partial charge in [0.25, 0.3) is 5.91 Å². The third kappa shape index (κ3) is 3.80. The van der Waals surface area contributed by atoms with Crippen molar-refractivity contribution in [1.82, 2.24) is 14.8 Å². The molecular formula is C27H26FN3O5. The molecule has 1 aromatic heterocycles. The minimum absolute atomic E-state index is 0.197. The van der Waals surface area contributed by atoms with Crippen molar-refractivity contribution < 1.29 is 28.2 Å². The number of nitrogens with one attached hydrogen (secondary N) is 1. The molecule has 0 radical (unpaired) electrons. The Balaban J connectivity index is 1.37. The molecule has 0 bridgehead atoms. The first-order valence-electron chi connectivity index (χ1n) is 11.7. The number of fused-ring (bicyclic) bond motifs is 1. The monoisotopic (exact) mass is 491 g/mol. The first kappa shape index (κ1) is 23.6. The Kier molecular flexibility index (Phi) is 5.78. The maximum atomic E-state index is 13.4. The lowest BCUT2D eigenvalue weighted by molar-refractivity contribution is -0.131. The predicted octanol–water partition coefficient (Wildman–Crippen LogP) is 4.06. The molecule has 1 fully saturated rings. The van der Waals surface area contributed by atoms with E-state index < -0.39 is 23.3 Å². The van der Waals surface area contributed by atoms with E-state index in [0.717, 1.165) is 21.9 Å². The average molecular weight is 492 g/mol. The quantitative estimate of drug-likeness (QED) is 0.398. The number of amides is 3. The van der Waals surface area contributed by atoms with Gasteiger partial charge >= 0.3 is 6.03 Å². The fraction of sp³-hybridized carbons (Fsp3) is 0.296. The van der Waals surface area contributed by atoms with Gasteiger partial charge in [-0.15, -0.1) is 0 Å². The summed E-state index contributed by atoms with van der Waals surface area (Å²) in [4.78, 5) is 40.4. The van der Waals surface area contributed by atoms with Crippen LogP contribution in [0, 0.1) is 19.7 Å². The van der Waals surface area contributed by atoms with Crippen molar-refractivity contribution in [3.8, 4) is 11.5 Å². The second-order valence-electron chi connectivity index (χ2n) is 9.07. The molecule has 186 valence electrons. The summed E-state index contributed by atoms with van der Waals surface area (Å²) < 4.78 is 26.3. The SMILES string of the molecule is CC[C@@]1(c2ccc(F)cc2)NC(=O)N(CC(=O)c2cc(C)n(Cc3ccc4c(c3)OCO4)c2C)C1=O. The topological polar surface area (TPSA) is 89.9 Å². The van der Waals surface area contributed by atoms with Gasteiger partial charge in [0.2, 0.25) is 6.79 Å². The Hall–Kier alpha value is -4.14. The van der Waals surface area contributed by atoms with Gasteiger partial charge in [0.15, 0.2) is 17.3 Å². The van der Waals surface area contributed by atoms with Gasteiger partial charge in [0, 0.05) is 23.5 Å². The van der Waals surface area contributed by atoms with Crippen LogP contribution in [0.2, 0.25) is 0 Å². The van der Waals surface area contributed by atoms with Crippen molar-refractivity contribution in [2.45, 2.75) is 39.3 Å². The van der Waals surface area contributed by atoms with E-state index in [2.05, 4.69) is 5.32 Å². The summed E-state index contributed by atoms with van der Waals surface area (Å²) in [7, 11) is 0. The van der Waals surface area contributed by atoms with Crippen LogP contribution in [0.4, 0.5) is 9.18 Å². The van der Waals surface area contributed by atoms with Crippen LogP contribution in [0.3, 0.4) is 0 Å². The number of aromatic nitrogens is 1. The third-order valence-corrected chi connectivity index (χ3v) is 7.00. The zero-order valence-electron chi connectivity index (χ0n) is 20.3. The molecule has 0 unspecified atom stereocenters. The number of imide groups is 1. The second kappa shape index (κ2) is 8.82. The fourth-order valence-electron chi connectivity index (χ4n) is 4.92. The summed E-state index contributed by atoms with van der Waals surface area (Å²) in [6, 6.07) is 12.3. The lowest BCUT2D eigenvalue weighted by Crippen LogP contribution is -2.43. The highest BCUT2D eigenvalue weighted by molar-refractivity contribution is 6.11. The number of urea groups is 1. The molecule has 8 nitrogen and oxygen atoms in total. The molecule has 1 N–H and O–H groups in total. The number of hydrogen-bond donors (Lipinski definition) is 1. The van der Waals surface area contributed by atoms with E-state index in [1.165, 1.54) is 24.3 Å². The van der Waals surface area contributed by atoms with Crippen LogP contribution in [0.1, 0.15) is 46.2 Å². The first-order chi connectivity index (χ1) is 17.2. The number of Topliss-reactive ketones (excluding diaryl/α,β-unsaturated/α-hetero) is 1. The predicted molar refractivity (Wildman–Crippen MR) is 129 cm³/mol. The highest BCUT2D eigenvalue weighted by atomic mass is 19.1. The van der Waals surface area contributed by atoms with Gasteiger partial charge in [-0.3, -0.25) is 14.5 Å². The van der Waals surface area contributed by atoms with Gasteiger partial charge in [-0.1, -0.05) is 25.1 Å². The molecule has 0 saturated carbocycles. The lowest BCUT2D eigenvalue weighted by atomic mass is 9.87. The molecule has 5 rings (SSSR count). The van der Waals surface area contributed by atoms with E-state index in [0.29, 0.717) is 29.2 Å². The smallest absolute Gasteiger partial charge is 0.325 e. The molecule has 1 atom stereocenters. The van der Waals surface area contributed by atoms with Crippen LogP contribution < -0.4 is 14.8 Å². The van der Waals surface area contributed by atoms with Crippen LogP contribution in [0.15, 0.2) is 48.5 Å². The minimum atomic E-state index is -1.33. The Morgan fingerprint density at radius 2 is 1.78 bits per heavy atom. The molecule has 2 aromatic carbocycles. The Morgan fingerprint density at radius 1 is 1.06 bits per heavy atom. The normalized spacial score (nSPS) is 18.6. The Bertz CT molecular complexity index is 1380. The summed E-state index contributed by atoms with van der Waals surface area (Å²) in [5.41, 5.74) is 2.19. The van der Waals surface area contributed by atoms with Gasteiger partial charge in [-0.2, -0.15) is 0 Å². The van der Waals surface area contributed by atoms with Crippen molar-refractivity contribution >= 4 is 17.7 Å². The molecule has 2 aliphatic heterocycles. The minimum Gasteiger partial charge on any atom is -0.454 e. The van der Waals surface area contributed by atoms with Gasteiger partial charge < -0.3 is 19.4 Å². The van der Waals surface area contributed by atoms with Crippen LogP contribution in [-0.4, -0.2) is 40.5 Å². The number of rotatable bonds is 7. The van der Waals surface area contributed by atoms with Gasteiger partial charge in [0.05, 0.1) is 6.54 Å². The zero-order valence-corrected chi connectivity index (χ0v) is 20.3. The van der Waals surface area contributed by atoms with Crippen molar-refractivity contribution in [3.63, 3.8) is 0 Å². The number of carbonyl (C=O) groups is 3. The van der Waals surface area contributed by atoms with E-state index in [9.17, 15) is 18.8 Å².